The lowest BCUT2D eigenvalue weighted by molar-refractivity contribution is -0.143. The third-order valence-corrected chi connectivity index (χ3v) is 3.63. The number of fused-ring (bicyclic) bond motifs is 2. The Bertz CT molecular complexity index is 425. The summed E-state index contributed by atoms with van der Waals surface area (Å²) in [6.45, 7) is 3.59. The fourth-order valence-corrected chi connectivity index (χ4v) is 2.53. The Labute approximate surface area is 111 Å². The molecule has 19 heavy (non-hydrogen) atoms. The third-order valence-electron chi connectivity index (χ3n) is 3.63. The summed E-state index contributed by atoms with van der Waals surface area (Å²) in [6, 6.07) is 5.03. The van der Waals surface area contributed by atoms with E-state index in [1.54, 1.807) is 0 Å². The summed E-state index contributed by atoms with van der Waals surface area (Å²) in [7, 11) is 2.22. The first-order valence-electron chi connectivity index (χ1n) is 6.51. The number of alkyl halides is 3. The molecule has 1 fully saturated rings. The van der Waals surface area contributed by atoms with Crippen LogP contribution in [0.15, 0.2) is 18.2 Å². The summed E-state index contributed by atoms with van der Waals surface area (Å²) in [4.78, 5) is 2.46. The first-order valence-corrected chi connectivity index (χ1v) is 6.51. The molecular weight excluding hydrogens is 255 g/mol. The normalized spacial score (nSPS) is 21.2. The molecule has 1 saturated heterocycles. The van der Waals surface area contributed by atoms with Crippen molar-refractivity contribution < 1.29 is 17.9 Å². The summed E-state index contributed by atoms with van der Waals surface area (Å²) in [6.07, 6.45) is -0.108. The van der Waals surface area contributed by atoms with Crippen molar-refractivity contribution in [2.45, 2.75) is 38.4 Å². The first kappa shape index (κ1) is 14.2. The second kappa shape index (κ2) is 5.41. The van der Waals surface area contributed by atoms with Crippen LogP contribution in [0.2, 0.25) is 0 Å². The quantitative estimate of drug-likeness (QED) is 0.768. The van der Waals surface area contributed by atoms with Crippen LogP contribution >= 0.6 is 0 Å². The molecule has 0 spiro atoms. The van der Waals surface area contributed by atoms with Crippen molar-refractivity contribution in [3.8, 4) is 11.5 Å². The van der Waals surface area contributed by atoms with Gasteiger partial charge < -0.3 is 9.64 Å². The Hall–Kier alpha value is -1.23. The Morgan fingerprint density at radius 3 is 2.21 bits per heavy atom. The Kier molecular flexibility index (Phi) is 4.04. The van der Waals surface area contributed by atoms with Gasteiger partial charge in [-0.05, 0) is 45.0 Å². The fourth-order valence-electron chi connectivity index (χ4n) is 2.53. The minimum atomic E-state index is -4.27. The van der Waals surface area contributed by atoms with E-state index in [9.17, 15) is 13.2 Å². The fraction of sp³-hybridized carbons (Fsp3) is 0.571. The highest BCUT2D eigenvalue weighted by molar-refractivity contribution is 5.56. The average Bonchev–Trinajstić information content (AvgIpc) is 2.74. The zero-order chi connectivity index (χ0) is 14.0. The van der Waals surface area contributed by atoms with Crippen molar-refractivity contribution in [2.24, 2.45) is 0 Å². The highest BCUT2D eigenvalue weighted by Crippen LogP contribution is 2.50. The zero-order valence-corrected chi connectivity index (χ0v) is 11.1. The van der Waals surface area contributed by atoms with Gasteiger partial charge in [0.05, 0.1) is 0 Å². The van der Waals surface area contributed by atoms with Crippen LogP contribution in [0, 0.1) is 0 Å². The summed E-state index contributed by atoms with van der Waals surface area (Å²) in [5, 5.41) is 0. The topological polar surface area (TPSA) is 12.5 Å². The summed E-state index contributed by atoms with van der Waals surface area (Å²) >= 11 is 0. The zero-order valence-electron chi connectivity index (χ0n) is 11.1. The van der Waals surface area contributed by atoms with Gasteiger partial charge in [0.1, 0.15) is 17.1 Å². The van der Waals surface area contributed by atoms with E-state index in [1.807, 2.05) is 0 Å². The smallest absolute Gasteiger partial charge is 0.423 e. The molecule has 1 aromatic rings. The van der Waals surface area contributed by atoms with E-state index in [4.69, 9.17) is 0 Å². The molecule has 0 amide bonds. The summed E-state index contributed by atoms with van der Waals surface area (Å²) in [5.41, 5.74) is -0.639. The van der Waals surface area contributed by atoms with Crippen molar-refractivity contribution in [1.29, 1.82) is 0 Å². The number of benzene rings is 1. The van der Waals surface area contributed by atoms with Gasteiger partial charge in [0, 0.05) is 6.04 Å². The molecule has 3 aliphatic heterocycles. The number of likely N-dealkylation sites (tertiary alicyclic amines) is 1. The molecule has 3 aliphatic rings. The van der Waals surface area contributed by atoms with Crippen molar-refractivity contribution in [2.75, 3.05) is 13.6 Å². The monoisotopic (exact) mass is 273 g/mol. The highest BCUT2D eigenvalue weighted by atomic mass is 19.4. The maximum Gasteiger partial charge on any atom is 0.423 e. The van der Waals surface area contributed by atoms with Crippen LogP contribution in [-0.4, -0.2) is 24.5 Å². The van der Waals surface area contributed by atoms with E-state index in [2.05, 4.69) is 23.6 Å². The molecule has 2 bridgehead atoms. The Morgan fingerprint density at radius 1 is 1.32 bits per heavy atom. The predicted octanol–water partition coefficient (Wildman–Crippen LogP) is 4.30. The van der Waals surface area contributed by atoms with Crippen LogP contribution in [0.1, 0.15) is 31.7 Å². The van der Waals surface area contributed by atoms with Crippen LogP contribution in [0.5, 0.6) is 11.5 Å². The number of hydrogen-bond donors (Lipinski definition) is 0. The molecule has 1 unspecified atom stereocenters. The van der Waals surface area contributed by atoms with Crippen LogP contribution in [0.4, 0.5) is 13.2 Å². The molecule has 0 radical (unpaired) electrons. The van der Waals surface area contributed by atoms with Crippen molar-refractivity contribution in [3.05, 3.63) is 23.8 Å². The van der Waals surface area contributed by atoms with Crippen LogP contribution in [0.3, 0.4) is 0 Å². The van der Waals surface area contributed by atoms with E-state index in [1.165, 1.54) is 44.0 Å². The number of rotatable bonds is 1. The molecule has 0 aliphatic carbocycles. The van der Waals surface area contributed by atoms with E-state index in [0.717, 1.165) is 6.04 Å². The lowest BCUT2D eigenvalue weighted by Gasteiger charge is -2.24. The molecule has 4 rings (SSSR count). The second-order valence-corrected chi connectivity index (χ2v) is 4.91. The van der Waals surface area contributed by atoms with Gasteiger partial charge >= 0.3 is 6.18 Å². The summed E-state index contributed by atoms with van der Waals surface area (Å²) in [5.74, 6) is -0.148. The molecular formula is C14H18F3NO. The van der Waals surface area contributed by atoms with Crippen molar-refractivity contribution in [1.82, 2.24) is 4.90 Å². The van der Waals surface area contributed by atoms with Gasteiger partial charge in [-0.2, -0.15) is 13.2 Å². The van der Waals surface area contributed by atoms with Gasteiger partial charge in [0.2, 0.25) is 0 Å². The van der Waals surface area contributed by atoms with Crippen molar-refractivity contribution in [3.63, 3.8) is 0 Å². The highest BCUT2D eigenvalue weighted by Gasteiger charge is 2.43. The third kappa shape index (κ3) is 3.03. The lowest BCUT2D eigenvalue weighted by atomic mass is 10.1. The Balaban J connectivity index is 0.000000148. The summed E-state index contributed by atoms with van der Waals surface area (Å²) < 4.78 is 40.7. The second-order valence-electron chi connectivity index (χ2n) is 4.91. The average molecular weight is 273 g/mol. The maximum absolute atomic E-state index is 12.0. The lowest BCUT2D eigenvalue weighted by Crippen LogP contribution is -2.23. The Morgan fingerprint density at radius 2 is 1.95 bits per heavy atom. The van der Waals surface area contributed by atoms with E-state index >= 15 is 0 Å². The predicted molar refractivity (Wildman–Crippen MR) is 67.5 cm³/mol. The number of halogens is 3. The van der Waals surface area contributed by atoms with Gasteiger partial charge in [0.25, 0.3) is 0 Å². The van der Waals surface area contributed by atoms with Gasteiger partial charge in [-0.1, -0.05) is 13.0 Å². The van der Waals surface area contributed by atoms with Gasteiger partial charge in [-0.25, -0.2) is 0 Å². The molecule has 5 heteroatoms. The van der Waals surface area contributed by atoms with Crippen LogP contribution in [0.25, 0.3) is 0 Å². The maximum atomic E-state index is 12.0. The molecule has 1 atom stereocenters. The first-order chi connectivity index (χ1) is 8.93. The molecule has 0 saturated carbocycles. The van der Waals surface area contributed by atoms with Gasteiger partial charge in [-0.3, -0.25) is 0 Å². The van der Waals surface area contributed by atoms with Crippen LogP contribution < -0.4 is 4.74 Å². The number of hydrogen-bond acceptors (Lipinski definition) is 2. The van der Waals surface area contributed by atoms with E-state index in [0.29, 0.717) is 0 Å². The van der Waals surface area contributed by atoms with E-state index < -0.39 is 11.7 Å². The number of nitrogens with zero attached hydrogens (tertiary/aromatic N) is 1. The largest absolute Gasteiger partial charge is 0.456 e. The molecule has 1 aromatic carbocycles. The number of ether oxygens (including phenoxy) is 1. The minimum absolute atomic E-state index is 0.0741. The molecule has 2 nitrogen and oxygen atoms in total. The minimum Gasteiger partial charge on any atom is -0.456 e. The standard InChI is InChI=1S/C7H3F3O.C7H15N/c8-7(9,10)6-4-2-1-3-5(6)11-4;1-3-7-5-4-6-8(7)2/h1-3H;7H,3-6H2,1-2H3. The van der Waals surface area contributed by atoms with Gasteiger partial charge in [0.15, 0.2) is 0 Å². The van der Waals surface area contributed by atoms with Gasteiger partial charge in [-0.15, -0.1) is 0 Å². The SMILES string of the molecule is CCC1CCCN1C.FC(F)(F)c1c2cccc1O2. The van der Waals surface area contributed by atoms with Crippen molar-refractivity contribution >= 4 is 0 Å². The van der Waals surface area contributed by atoms with E-state index in [-0.39, 0.29) is 11.5 Å². The molecule has 3 heterocycles. The molecule has 0 aromatic heterocycles. The van der Waals surface area contributed by atoms with Crippen LogP contribution in [-0.2, 0) is 6.18 Å². The molecule has 0 N–H and O–H groups in total. The molecule has 106 valence electrons.